The molecular formula is C18H26N8S2. The topological polar surface area (TPSA) is 87.2 Å². The molecule has 0 atom stereocenters. The predicted octanol–water partition coefficient (Wildman–Crippen LogP) is 3.75. The first-order chi connectivity index (χ1) is 13.1. The van der Waals surface area contributed by atoms with Gasteiger partial charge in [-0.25, -0.2) is 9.36 Å². The van der Waals surface area contributed by atoms with Crippen molar-refractivity contribution in [1.82, 2.24) is 40.4 Å². The second-order valence-corrected chi connectivity index (χ2v) is 10.4. The fourth-order valence-corrected chi connectivity index (χ4v) is 4.49. The van der Waals surface area contributed by atoms with Crippen LogP contribution in [0.4, 0.5) is 0 Å². The van der Waals surface area contributed by atoms with Gasteiger partial charge in [-0.1, -0.05) is 47.8 Å². The molecular weight excluding hydrogens is 392 g/mol. The van der Waals surface area contributed by atoms with Gasteiger partial charge in [-0.15, -0.1) is 10.2 Å². The summed E-state index contributed by atoms with van der Waals surface area (Å²) in [6.07, 6.45) is 0. The summed E-state index contributed by atoms with van der Waals surface area (Å²) < 4.78 is 3.73. The van der Waals surface area contributed by atoms with Gasteiger partial charge in [0.05, 0.1) is 11.1 Å². The van der Waals surface area contributed by atoms with E-state index in [1.54, 1.807) is 23.5 Å². The molecule has 8 nitrogen and oxygen atoms in total. The van der Waals surface area contributed by atoms with Crippen molar-refractivity contribution in [3.05, 3.63) is 35.4 Å². The minimum absolute atomic E-state index is 0.138. The fraction of sp³-hybridized carbons (Fsp3) is 0.556. The minimum Gasteiger partial charge on any atom is -0.215 e. The van der Waals surface area contributed by atoms with E-state index in [2.05, 4.69) is 96.9 Å². The van der Waals surface area contributed by atoms with Gasteiger partial charge < -0.3 is 0 Å². The number of hydrogen-bond donors (Lipinski definition) is 0. The van der Waals surface area contributed by atoms with Gasteiger partial charge in [-0.3, -0.25) is 0 Å². The Hall–Kier alpha value is -1.94. The predicted molar refractivity (Wildman–Crippen MR) is 111 cm³/mol. The van der Waals surface area contributed by atoms with Gasteiger partial charge in [-0.2, -0.15) is 0 Å². The van der Waals surface area contributed by atoms with Gasteiger partial charge in [0, 0.05) is 11.5 Å². The van der Waals surface area contributed by atoms with E-state index in [0.717, 1.165) is 21.8 Å². The highest BCUT2D eigenvalue weighted by Crippen LogP contribution is 2.27. The Labute approximate surface area is 173 Å². The zero-order chi connectivity index (χ0) is 20.4. The summed E-state index contributed by atoms with van der Waals surface area (Å²) in [5.74, 6) is 1.63. The average Bonchev–Trinajstić information content (AvgIpc) is 3.27. The van der Waals surface area contributed by atoms with Crippen LogP contribution in [-0.2, 0) is 22.6 Å². The number of hydrogen-bond acceptors (Lipinski definition) is 8. The highest BCUT2D eigenvalue weighted by molar-refractivity contribution is 7.98. The maximum atomic E-state index is 4.16. The molecule has 10 heteroatoms. The third-order valence-corrected chi connectivity index (χ3v) is 5.86. The minimum atomic E-state index is -0.138. The quantitative estimate of drug-likeness (QED) is 0.559. The maximum Gasteiger partial charge on any atom is 0.210 e. The van der Waals surface area contributed by atoms with E-state index in [1.165, 1.54) is 11.1 Å². The van der Waals surface area contributed by atoms with Crippen molar-refractivity contribution in [3.8, 4) is 0 Å². The lowest BCUT2D eigenvalue weighted by Crippen LogP contribution is -2.24. The molecule has 0 bridgehead atoms. The van der Waals surface area contributed by atoms with Crippen LogP contribution in [0, 0.1) is 0 Å². The van der Waals surface area contributed by atoms with Crippen LogP contribution in [0.15, 0.2) is 34.6 Å². The van der Waals surface area contributed by atoms with E-state index >= 15 is 0 Å². The zero-order valence-electron chi connectivity index (χ0n) is 17.1. The van der Waals surface area contributed by atoms with Crippen LogP contribution in [0.1, 0.15) is 52.7 Å². The van der Waals surface area contributed by atoms with Crippen LogP contribution >= 0.6 is 23.5 Å². The molecule has 0 radical (unpaired) electrons. The lowest BCUT2D eigenvalue weighted by molar-refractivity contribution is 0.321. The number of benzene rings is 1. The second kappa shape index (κ2) is 8.20. The molecule has 0 N–H and O–H groups in total. The second-order valence-electron chi connectivity index (χ2n) is 8.49. The molecule has 0 saturated carbocycles. The molecule has 0 saturated heterocycles. The van der Waals surface area contributed by atoms with Gasteiger partial charge >= 0.3 is 0 Å². The lowest BCUT2D eigenvalue weighted by atomic mass is 10.1. The summed E-state index contributed by atoms with van der Waals surface area (Å²) in [5.41, 5.74) is 2.20. The van der Waals surface area contributed by atoms with Gasteiger partial charge in [0.15, 0.2) is 0 Å². The van der Waals surface area contributed by atoms with Crippen LogP contribution in [0.5, 0.6) is 0 Å². The molecule has 0 fully saturated rings. The Morgan fingerprint density at radius 2 is 1.18 bits per heavy atom. The van der Waals surface area contributed by atoms with Crippen LogP contribution in [0.25, 0.3) is 0 Å². The molecule has 0 unspecified atom stereocenters. The molecule has 3 rings (SSSR count). The fourth-order valence-electron chi connectivity index (χ4n) is 2.48. The van der Waals surface area contributed by atoms with Crippen LogP contribution in [0.3, 0.4) is 0 Å². The van der Waals surface area contributed by atoms with Gasteiger partial charge in [0.1, 0.15) is 0 Å². The number of aromatic nitrogens is 8. The third kappa shape index (κ3) is 5.11. The van der Waals surface area contributed by atoms with Crippen molar-refractivity contribution in [2.45, 2.75) is 74.4 Å². The maximum absolute atomic E-state index is 4.16. The summed E-state index contributed by atoms with van der Waals surface area (Å²) in [6.45, 7) is 12.6. The Kier molecular flexibility index (Phi) is 6.09. The van der Waals surface area contributed by atoms with Crippen molar-refractivity contribution >= 4 is 23.5 Å². The molecule has 28 heavy (non-hydrogen) atoms. The van der Waals surface area contributed by atoms with Gasteiger partial charge in [0.25, 0.3) is 0 Å². The van der Waals surface area contributed by atoms with Crippen LogP contribution < -0.4 is 0 Å². The summed E-state index contributed by atoms with van der Waals surface area (Å²) in [6, 6.07) is 8.57. The molecule has 0 aliphatic heterocycles. The summed E-state index contributed by atoms with van der Waals surface area (Å²) >= 11 is 3.30. The first kappa shape index (κ1) is 20.8. The average molecular weight is 419 g/mol. The molecule has 1 aromatic carbocycles. The molecule has 150 valence electrons. The third-order valence-electron chi connectivity index (χ3n) is 3.88. The SMILES string of the molecule is CC(C)(C)n1nnnc1SCc1cccc(CSc2nnnn2C(C)(C)C)c1. The van der Waals surface area contributed by atoms with Gasteiger partial charge in [0.2, 0.25) is 10.3 Å². The molecule has 0 aliphatic carbocycles. The molecule has 0 aliphatic rings. The summed E-state index contributed by atoms with van der Waals surface area (Å²) in [5, 5.41) is 25.8. The van der Waals surface area contributed by atoms with E-state index in [1.807, 2.05) is 9.36 Å². The van der Waals surface area contributed by atoms with Crippen LogP contribution in [-0.4, -0.2) is 40.4 Å². The smallest absolute Gasteiger partial charge is 0.210 e. The number of rotatable bonds is 6. The van der Waals surface area contributed by atoms with Crippen molar-refractivity contribution in [3.63, 3.8) is 0 Å². The largest absolute Gasteiger partial charge is 0.215 e. The van der Waals surface area contributed by atoms with Gasteiger partial charge in [-0.05, 0) is 73.5 Å². The molecule has 0 spiro atoms. The summed E-state index contributed by atoms with van der Waals surface area (Å²) in [7, 11) is 0. The van der Waals surface area contributed by atoms with E-state index in [9.17, 15) is 0 Å². The highest BCUT2D eigenvalue weighted by Gasteiger charge is 2.21. The van der Waals surface area contributed by atoms with E-state index in [4.69, 9.17) is 0 Å². The Bertz CT molecular complexity index is 849. The monoisotopic (exact) mass is 418 g/mol. The zero-order valence-corrected chi connectivity index (χ0v) is 18.8. The number of nitrogens with zero attached hydrogens (tertiary/aromatic N) is 8. The standard InChI is InChI=1S/C18H26N8S2/c1-17(2,3)25-15(19-21-23-25)27-11-13-8-7-9-14(10-13)12-28-16-20-22-24-26(16)18(4,5)6/h7-10H,11-12H2,1-6H3. The molecule has 2 aromatic heterocycles. The molecule has 2 heterocycles. The van der Waals surface area contributed by atoms with E-state index < -0.39 is 0 Å². The Morgan fingerprint density at radius 3 is 1.57 bits per heavy atom. The van der Waals surface area contributed by atoms with E-state index in [-0.39, 0.29) is 11.1 Å². The normalized spacial score (nSPS) is 12.5. The Balaban J connectivity index is 1.64. The number of thioether (sulfide) groups is 2. The lowest BCUT2D eigenvalue weighted by Gasteiger charge is -2.19. The first-order valence-electron chi connectivity index (χ1n) is 9.06. The van der Waals surface area contributed by atoms with Crippen molar-refractivity contribution in [1.29, 1.82) is 0 Å². The Morgan fingerprint density at radius 1 is 0.750 bits per heavy atom. The van der Waals surface area contributed by atoms with Crippen LogP contribution in [0.2, 0.25) is 0 Å². The van der Waals surface area contributed by atoms with Crippen molar-refractivity contribution < 1.29 is 0 Å². The van der Waals surface area contributed by atoms with Crippen molar-refractivity contribution in [2.24, 2.45) is 0 Å². The summed E-state index contributed by atoms with van der Waals surface area (Å²) in [4.78, 5) is 0. The molecule has 0 amide bonds. The molecule has 3 aromatic rings. The van der Waals surface area contributed by atoms with Crippen molar-refractivity contribution in [2.75, 3.05) is 0 Å². The number of tetrazole rings is 2. The highest BCUT2D eigenvalue weighted by atomic mass is 32.2. The first-order valence-corrected chi connectivity index (χ1v) is 11.0. The van der Waals surface area contributed by atoms with E-state index in [0.29, 0.717) is 0 Å².